The van der Waals surface area contributed by atoms with Gasteiger partial charge in [0, 0.05) is 56.5 Å². The van der Waals surface area contributed by atoms with Gasteiger partial charge in [0.1, 0.15) is 13.5 Å². The topological polar surface area (TPSA) is 94.4 Å². The van der Waals surface area contributed by atoms with Crippen LogP contribution in [0.5, 0.6) is 5.75 Å². The molecule has 3 heterocycles. The number of carbonyl (C=O) groups excluding carboxylic acids is 1. The van der Waals surface area contributed by atoms with Crippen molar-refractivity contribution in [1.82, 2.24) is 25.1 Å². The molecule has 1 amide bonds. The highest BCUT2D eigenvalue weighted by atomic mass is 19.1. The minimum atomic E-state index is -0.604. The summed E-state index contributed by atoms with van der Waals surface area (Å²) in [5.74, 6) is -0.233. The van der Waals surface area contributed by atoms with Crippen LogP contribution in [0.15, 0.2) is 30.7 Å². The number of amides is 1. The molecule has 3 aromatic rings. The Labute approximate surface area is 198 Å². The lowest BCUT2D eigenvalue weighted by atomic mass is 9.90. The van der Waals surface area contributed by atoms with Crippen molar-refractivity contribution < 1.29 is 18.7 Å². The van der Waals surface area contributed by atoms with Crippen molar-refractivity contribution in [2.24, 2.45) is 0 Å². The summed E-state index contributed by atoms with van der Waals surface area (Å²) in [6.07, 6.45) is 7.48. The van der Waals surface area contributed by atoms with Crippen molar-refractivity contribution in [3.63, 3.8) is 0 Å². The van der Waals surface area contributed by atoms with E-state index in [0.29, 0.717) is 17.8 Å². The van der Waals surface area contributed by atoms with Gasteiger partial charge in [-0.15, -0.1) is 0 Å². The standard InChI is InChI=1S/C23H26BFN6O3/c1-33-14-19-17(22(32)26-11-16-18(24)5-6-20(34-2)21(16)25)13-31(29-19)12-15-9-27-23(28-10-15)30-7-3-4-8-30/h5-6,9-10,13H,3-4,7-8,11-12,14H2,1-2H3,(H,26,32). The second kappa shape index (κ2) is 10.6. The number of carbonyl (C=O) groups is 1. The molecule has 1 aromatic carbocycles. The van der Waals surface area contributed by atoms with Crippen molar-refractivity contribution in [3.05, 3.63) is 58.9 Å². The summed E-state index contributed by atoms with van der Waals surface area (Å²) in [7, 11) is 8.78. The number of ether oxygens (including phenoxy) is 2. The quantitative estimate of drug-likeness (QED) is 0.478. The minimum absolute atomic E-state index is 0.0595. The summed E-state index contributed by atoms with van der Waals surface area (Å²) in [5.41, 5.74) is 2.03. The van der Waals surface area contributed by atoms with Gasteiger partial charge in [0.05, 0.1) is 25.8 Å². The summed E-state index contributed by atoms with van der Waals surface area (Å²) in [4.78, 5) is 24.0. The monoisotopic (exact) mass is 464 g/mol. The SMILES string of the molecule is [B]c1ccc(OC)c(F)c1CNC(=O)c1cn(Cc2cnc(N3CCCC3)nc2)nc1COC. The van der Waals surface area contributed by atoms with E-state index in [1.165, 1.54) is 26.4 Å². The summed E-state index contributed by atoms with van der Waals surface area (Å²) < 4.78 is 26.4. The van der Waals surface area contributed by atoms with Crippen LogP contribution in [0.25, 0.3) is 0 Å². The van der Waals surface area contributed by atoms with E-state index in [1.54, 1.807) is 23.3 Å². The van der Waals surface area contributed by atoms with Gasteiger partial charge >= 0.3 is 0 Å². The van der Waals surface area contributed by atoms with Crippen molar-refractivity contribution >= 4 is 25.2 Å². The van der Waals surface area contributed by atoms with E-state index >= 15 is 0 Å². The molecule has 2 radical (unpaired) electrons. The average molecular weight is 464 g/mol. The Morgan fingerprint density at radius 2 is 1.94 bits per heavy atom. The van der Waals surface area contributed by atoms with E-state index in [9.17, 15) is 9.18 Å². The highest BCUT2D eigenvalue weighted by molar-refractivity contribution is 6.33. The molecule has 1 aliphatic heterocycles. The van der Waals surface area contributed by atoms with Gasteiger partial charge in [-0.3, -0.25) is 9.48 Å². The molecular weight excluding hydrogens is 438 g/mol. The number of anilines is 1. The predicted octanol–water partition coefficient (Wildman–Crippen LogP) is 1.34. The molecule has 4 rings (SSSR count). The van der Waals surface area contributed by atoms with Gasteiger partial charge in [-0.05, 0) is 18.9 Å². The fraction of sp³-hybridized carbons (Fsp3) is 0.391. The molecule has 1 saturated heterocycles. The number of methoxy groups -OCH3 is 2. The summed E-state index contributed by atoms with van der Waals surface area (Å²) in [5, 5.41) is 7.19. The van der Waals surface area contributed by atoms with Crippen molar-refractivity contribution in [2.75, 3.05) is 32.2 Å². The zero-order valence-electron chi connectivity index (χ0n) is 19.3. The van der Waals surface area contributed by atoms with Crippen LogP contribution in [0.4, 0.5) is 10.3 Å². The van der Waals surface area contributed by atoms with E-state index in [0.717, 1.165) is 37.4 Å². The minimum Gasteiger partial charge on any atom is -0.494 e. The molecule has 0 atom stereocenters. The van der Waals surface area contributed by atoms with Crippen molar-refractivity contribution in [3.8, 4) is 5.75 Å². The molecule has 0 saturated carbocycles. The van der Waals surface area contributed by atoms with Crippen LogP contribution in [-0.4, -0.2) is 60.8 Å². The van der Waals surface area contributed by atoms with Crippen LogP contribution in [0.1, 0.15) is 40.0 Å². The highest BCUT2D eigenvalue weighted by Gasteiger charge is 2.19. The van der Waals surface area contributed by atoms with E-state index in [1.807, 2.05) is 0 Å². The molecular formula is C23H26BFN6O3. The highest BCUT2D eigenvalue weighted by Crippen LogP contribution is 2.19. The Bertz CT molecular complexity index is 1150. The second-order valence-electron chi connectivity index (χ2n) is 8.04. The average Bonchev–Trinajstić information content (AvgIpc) is 3.50. The van der Waals surface area contributed by atoms with Crippen LogP contribution in [0.2, 0.25) is 0 Å². The maximum atomic E-state index is 14.6. The van der Waals surface area contributed by atoms with Crippen molar-refractivity contribution in [2.45, 2.75) is 32.5 Å². The van der Waals surface area contributed by atoms with Crippen LogP contribution >= 0.6 is 0 Å². The normalized spacial score (nSPS) is 13.3. The Morgan fingerprint density at radius 1 is 1.21 bits per heavy atom. The number of halogens is 1. The molecule has 0 bridgehead atoms. The molecule has 34 heavy (non-hydrogen) atoms. The van der Waals surface area contributed by atoms with Gasteiger partial charge in [-0.25, -0.2) is 14.4 Å². The first-order valence-electron chi connectivity index (χ1n) is 11.0. The number of nitrogens with one attached hydrogen (secondary N) is 1. The fourth-order valence-electron chi connectivity index (χ4n) is 3.89. The fourth-order valence-corrected chi connectivity index (χ4v) is 3.89. The van der Waals surface area contributed by atoms with Gasteiger partial charge in [-0.1, -0.05) is 11.5 Å². The summed E-state index contributed by atoms with van der Waals surface area (Å²) in [6.45, 7) is 2.39. The Morgan fingerprint density at radius 3 is 2.62 bits per heavy atom. The number of aromatic nitrogens is 4. The first kappa shape index (κ1) is 23.7. The van der Waals surface area contributed by atoms with Crippen LogP contribution in [0, 0.1) is 5.82 Å². The molecule has 1 N–H and O–H groups in total. The van der Waals surface area contributed by atoms with Crippen molar-refractivity contribution in [1.29, 1.82) is 0 Å². The number of hydrogen-bond acceptors (Lipinski definition) is 7. The molecule has 9 nitrogen and oxygen atoms in total. The molecule has 1 aliphatic rings. The third-order valence-electron chi connectivity index (χ3n) is 5.68. The largest absolute Gasteiger partial charge is 0.494 e. The van der Waals surface area contributed by atoms with Gasteiger partial charge in [0.2, 0.25) is 5.95 Å². The van der Waals surface area contributed by atoms with Gasteiger partial charge in [-0.2, -0.15) is 5.10 Å². The molecule has 2 aromatic heterocycles. The zero-order chi connectivity index (χ0) is 24.1. The van der Waals surface area contributed by atoms with Gasteiger partial charge in [0.15, 0.2) is 11.6 Å². The number of nitrogens with zero attached hydrogens (tertiary/aromatic N) is 5. The zero-order valence-corrected chi connectivity index (χ0v) is 19.3. The molecule has 11 heteroatoms. The van der Waals surface area contributed by atoms with Gasteiger partial charge in [0.25, 0.3) is 5.91 Å². The lowest BCUT2D eigenvalue weighted by Crippen LogP contribution is -2.27. The molecule has 0 aliphatic carbocycles. The third-order valence-corrected chi connectivity index (χ3v) is 5.68. The first-order chi connectivity index (χ1) is 16.5. The van der Waals surface area contributed by atoms with E-state index in [-0.39, 0.29) is 29.9 Å². The predicted molar refractivity (Wildman–Crippen MR) is 125 cm³/mol. The van der Waals surface area contributed by atoms with E-state index in [4.69, 9.17) is 17.3 Å². The number of rotatable bonds is 9. The molecule has 0 spiro atoms. The summed E-state index contributed by atoms with van der Waals surface area (Å²) >= 11 is 0. The Kier molecular flexibility index (Phi) is 7.41. The van der Waals surface area contributed by atoms with Crippen LogP contribution in [-0.2, 0) is 24.4 Å². The Balaban J connectivity index is 1.47. The molecule has 176 valence electrons. The first-order valence-corrected chi connectivity index (χ1v) is 11.0. The maximum absolute atomic E-state index is 14.6. The van der Waals surface area contributed by atoms with E-state index < -0.39 is 11.7 Å². The summed E-state index contributed by atoms with van der Waals surface area (Å²) in [6, 6.07) is 2.98. The molecule has 1 fully saturated rings. The maximum Gasteiger partial charge on any atom is 0.255 e. The second-order valence-corrected chi connectivity index (χ2v) is 8.04. The lowest BCUT2D eigenvalue weighted by molar-refractivity contribution is 0.0945. The van der Waals surface area contributed by atoms with Crippen LogP contribution < -0.4 is 20.4 Å². The van der Waals surface area contributed by atoms with Crippen LogP contribution in [0.3, 0.4) is 0 Å². The smallest absolute Gasteiger partial charge is 0.255 e. The van der Waals surface area contributed by atoms with E-state index in [2.05, 4.69) is 25.3 Å². The Hall–Kier alpha value is -3.47. The third kappa shape index (κ3) is 5.19. The van der Waals surface area contributed by atoms with Gasteiger partial charge < -0.3 is 19.7 Å². The number of benzene rings is 1. The lowest BCUT2D eigenvalue weighted by Gasteiger charge is -2.14. The molecule has 0 unspecified atom stereocenters. The number of hydrogen-bond donors (Lipinski definition) is 1.